The molecular formula is C18H19NSe. The van der Waals surface area contributed by atoms with E-state index in [1.807, 2.05) is 12.1 Å². The van der Waals surface area contributed by atoms with Crippen LogP contribution in [-0.4, -0.2) is 20.8 Å². The fourth-order valence-corrected chi connectivity index (χ4v) is 3.46. The van der Waals surface area contributed by atoms with Gasteiger partial charge >= 0.3 is 127 Å². The van der Waals surface area contributed by atoms with Crippen molar-refractivity contribution in [2.75, 3.05) is 0 Å². The molecule has 20 heavy (non-hydrogen) atoms. The van der Waals surface area contributed by atoms with Crippen LogP contribution in [0.1, 0.15) is 19.4 Å². The van der Waals surface area contributed by atoms with Crippen molar-refractivity contribution in [1.82, 2.24) is 0 Å². The molecule has 0 saturated heterocycles. The number of aryl methyl sites for hydroxylation is 1. The van der Waals surface area contributed by atoms with Crippen LogP contribution in [0, 0.1) is 12.8 Å². The van der Waals surface area contributed by atoms with Gasteiger partial charge in [0.15, 0.2) is 0 Å². The van der Waals surface area contributed by atoms with Crippen molar-refractivity contribution in [1.29, 1.82) is 0 Å². The number of aliphatic imine (C=N–C) groups is 1. The molecule has 0 heterocycles. The average molecular weight is 328 g/mol. The first-order valence-corrected chi connectivity index (χ1v) is 8.49. The molecule has 0 aliphatic rings. The second-order valence-electron chi connectivity index (χ2n) is 4.99. The molecule has 0 spiro atoms. The Balaban J connectivity index is 2.23. The number of hydrogen-bond donors (Lipinski definition) is 0. The van der Waals surface area contributed by atoms with E-state index in [1.165, 1.54) is 14.5 Å². The molecule has 0 aliphatic carbocycles. The Bertz CT molecular complexity index is 606. The van der Waals surface area contributed by atoms with Gasteiger partial charge in [-0.25, -0.2) is 0 Å². The summed E-state index contributed by atoms with van der Waals surface area (Å²) in [6.45, 7) is 6.50. The molecule has 0 radical (unpaired) electrons. The van der Waals surface area contributed by atoms with Gasteiger partial charge < -0.3 is 0 Å². The molecular weight excluding hydrogens is 309 g/mol. The van der Waals surface area contributed by atoms with Gasteiger partial charge in [0.1, 0.15) is 0 Å². The zero-order valence-corrected chi connectivity index (χ0v) is 13.8. The standard InChI is InChI=1S/C18H19NSe/c1-14(2)18(20-17-7-5-4-6-8-17)13-19-16-11-9-15(3)10-12-16/h4-12,14H,1-3H3. The summed E-state index contributed by atoms with van der Waals surface area (Å²) < 4.78 is 2.67. The van der Waals surface area contributed by atoms with Gasteiger partial charge in [0.25, 0.3) is 0 Å². The summed E-state index contributed by atoms with van der Waals surface area (Å²) in [6.07, 6.45) is 0. The van der Waals surface area contributed by atoms with E-state index >= 15 is 0 Å². The summed E-state index contributed by atoms with van der Waals surface area (Å²) in [5.41, 5.74) is 2.23. The van der Waals surface area contributed by atoms with Gasteiger partial charge in [-0.2, -0.15) is 0 Å². The fraction of sp³-hybridized carbons (Fsp3) is 0.222. The van der Waals surface area contributed by atoms with Crippen LogP contribution in [0.3, 0.4) is 0 Å². The second-order valence-corrected chi connectivity index (χ2v) is 7.33. The summed E-state index contributed by atoms with van der Waals surface area (Å²) in [5, 5.41) is 0. The molecule has 0 saturated carbocycles. The predicted octanol–water partition coefficient (Wildman–Crippen LogP) is 3.87. The normalized spacial score (nSPS) is 10.2. The third-order valence-electron chi connectivity index (χ3n) is 2.82. The van der Waals surface area contributed by atoms with E-state index < -0.39 is 0 Å². The van der Waals surface area contributed by atoms with Crippen LogP contribution in [-0.2, 0) is 0 Å². The summed E-state index contributed by atoms with van der Waals surface area (Å²) in [4.78, 5) is 4.49. The van der Waals surface area contributed by atoms with Crippen molar-refractivity contribution >= 4 is 31.0 Å². The minimum atomic E-state index is 0.295. The van der Waals surface area contributed by atoms with Crippen molar-refractivity contribution in [3.8, 4) is 0 Å². The number of hydrogen-bond acceptors (Lipinski definition) is 1. The predicted molar refractivity (Wildman–Crippen MR) is 88.5 cm³/mol. The summed E-state index contributed by atoms with van der Waals surface area (Å²) in [5.74, 6) is 3.75. The fourth-order valence-electron chi connectivity index (χ4n) is 1.62. The molecule has 2 aromatic carbocycles. The molecule has 0 aliphatic heterocycles. The Morgan fingerprint density at radius 3 is 2.25 bits per heavy atom. The first-order valence-electron chi connectivity index (χ1n) is 6.78. The Labute approximate surface area is 127 Å². The molecule has 102 valence electrons. The van der Waals surface area contributed by atoms with Gasteiger partial charge in [-0.15, -0.1) is 0 Å². The van der Waals surface area contributed by atoms with Gasteiger partial charge in [-0.3, -0.25) is 0 Å². The SMILES string of the molecule is Cc1ccc(N=C=C([Se]c2ccccc2)C(C)C)cc1. The van der Waals surface area contributed by atoms with E-state index in [0.717, 1.165) is 5.69 Å². The molecule has 2 heteroatoms. The van der Waals surface area contributed by atoms with E-state index in [-0.39, 0.29) is 0 Å². The van der Waals surface area contributed by atoms with E-state index in [0.29, 0.717) is 20.9 Å². The van der Waals surface area contributed by atoms with Crippen molar-refractivity contribution < 1.29 is 0 Å². The van der Waals surface area contributed by atoms with Crippen molar-refractivity contribution in [2.24, 2.45) is 10.9 Å². The summed E-state index contributed by atoms with van der Waals surface area (Å²) in [7, 11) is 0. The van der Waals surface area contributed by atoms with Crippen LogP contribution in [0.5, 0.6) is 0 Å². The average Bonchev–Trinajstić information content (AvgIpc) is 2.46. The van der Waals surface area contributed by atoms with Gasteiger partial charge in [-0.1, -0.05) is 0 Å². The van der Waals surface area contributed by atoms with E-state index in [2.05, 4.69) is 74.1 Å². The second kappa shape index (κ2) is 7.26. The van der Waals surface area contributed by atoms with Gasteiger partial charge in [0.05, 0.1) is 0 Å². The zero-order valence-electron chi connectivity index (χ0n) is 12.1. The van der Waals surface area contributed by atoms with Crippen LogP contribution in [0.2, 0.25) is 0 Å². The monoisotopic (exact) mass is 329 g/mol. The maximum atomic E-state index is 4.49. The molecule has 1 nitrogen and oxygen atoms in total. The summed E-state index contributed by atoms with van der Waals surface area (Å²) in [6, 6.07) is 18.8. The first-order chi connectivity index (χ1) is 9.65. The molecule has 2 aromatic rings. The van der Waals surface area contributed by atoms with Crippen LogP contribution >= 0.6 is 0 Å². The van der Waals surface area contributed by atoms with Crippen molar-refractivity contribution in [2.45, 2.75) is 20.8 Å². The number of rotatable bonds is 4. The van der Waals surface area contributed by atoms with E-state index in [4.69, 9.17) is 0 Å². The van der Waals surface area contributed by atoms with Gasteiger partial charge in [0, 0.05) is 0 Å². The first kappa shape index (κ1) is 14.8. The van der Waals surface area contributed by atoms with Gasteiger partial charge in [0.2, 0.25) is 0 Å². The summed E-state index contributed by atoms with van der Waals surface area (Å²) >= 11 is 0.295. The molecule has 0 bridgehead atoms. The van der Waals surface area contributed by atoms with E-state index in [9.17, 15) is 0 Å². The molecule has 0 fully saturated rings. The van der Waals surface area contributed by atoms with Crippen LogP contribution in [0.15, 0.2) is 64.1 Å². The third-order valence-corrected chi connectivity index (χ3v) is 5.53. The third kappa shape index (κ3) is 4.51. The minimum absolute atomic E-state index is 0.295. The Hall–Kier alpha value is -1.59. The molecule has 0 amide bonds. The molecule has 0 unspecified atom stereocenters. The number of nitrogens with zero attached hydrogens (tertiary/aromatic N) is 1. The maximum absolute atomic E-state index is 4.49. The van der Waals surface area contributed by atoms with Crippen molar-refractivity contribution in [3.63, 3.8) is 0 Å². The molecule has 0 aromatic heterocycles. The number of benzene rings is 2. The zero-order chi connectivity index (χ0) is 14.4. The number of allylic oxidation sites excluding steroid dienone is 1. The van der Waals surface area contributed by atoms with Gasteiger partial charge in [-0.05, 0) is 0 Å². The quantitative estimate of drug-likeness (QED) is 0.597. The Morgan fingerprint density at radius 2 is 1.65 bits per heavy atom. The Morgan fingerprint density at radius 1 is 1.00 bits per heavy atom. The van der Waals surface area contributed by atoms with E-state index in [1.54, 1.807) is 0 Å². The molecule has 0 N–H and O–H groups in total. The van der Waals surface area contributed by atoms with Crippen molar-refractivity contribution in [3.05, 3.63) is 64.6 Å². The molecule has 2 rings (SSSR count). The van der Waals surface area contributed by atoms with Crippen LogP contribution < -0.4 is 4.46 Å². The van der Waals surface area contributed by atoms with Crippen LogP contribution in [0.4, 0.5) is 5.69 Å². The molecule has 0 atom stereocenters. The van der Waals surface area contributed by atoms with Crippen LogP contribution in [0.25, 0.3) is 0 Å². The topological polar surface area (TPSA) is 12.4 Å². The Kier molecular flexibility index (Phi) is 5.38.